The molecule has 1 atom stereocenters. The smallest absolute Gasteiger partial charge is 0.257 e. The molecule has 1 saturated heterocycles. The molecule has 1 aromatic carbocycles. The largest absolute Gasteiger partial charge is 0.488 e. The van der Waals surface area contributed by atoms with Gasteiger partial charge in [0.15, 0.2) is 0 Å². The van der Waals surface area contributed by atoms with E-state index in [-0.39, 0.29) is 12.0 Å². The van der Waals surface area contributed by atoms with Crippen LogP contribution >= 0.6 is 0 Å². The number of hydrogen-bond acceptors (Lipinski definition) is 4. The van der Waals surface area contributed by atoms with E-state index in [0.29, 0.717) is 44.2 Å². The van der Waals surface area contributed by atoms with Crippen molar-refractivity contribution in [3.8, 4) is 5.75 Å². The fourth-order valence-electron chi connectivity index (χ4n) is 2.19. The fourth-order valence-corrected chi connectivity index (χ4v) is 2.19. The first-order chi connectivity index (χ1) is 10.1. The maximum atomic E-state index is 12.7. The van der Waals surface area contributed by atoms with Crippen LogP contribution in [-0.2, 0) is 4.74 Å². The summed E-state index contributed by atoms with van der Waals surface area (Å²) in [5.74, 6) is 0.537. The second-order valence-corrected chi connectivity index (χ2v) is 5.22. The Bertz CT molecular complexity index is 516. The molecule has 5 nitrogen and oxygen atoms in total. The molecule has 2 N–H and O–H groups in total. The first-order valence-corrected chi connectivity index (χ1v) is 7.09. The minimum Gasteiger partial charge on any atom is -0.488 e. The molecule has 1 heterocycles. The van der Waals surface area contributed by atoms with E-state index in [1.165, 1.54) is 0 Å². The normalized spacial score (nSPS) is 18.4. The zero-order valence-electron chi connectivity index (χ0n) is 12.4. The number of rotatable bonds is 5. The molecule has 0 bridgehead atoms. The molecule has 0 aromatic heterocycles. The molecule has 0 saturated carbocycles. The van der Waals surface area contributed by atoms with Crippen molar-refractivity contribution in [2.45, 2.75) is 13.0 Å². The molecule has 1 aliphatic heterocycles. The molecule has 0 unspecified atom stereocenters. The molecular weight excluding hydrogens is 268 g/mol. The van der Waals surface area contributed by atoms with Crippen molar-refractivity contribution in [1.82, 2.24) is 4.90 Å². The maximum absolute atomic E-state index is 12.7. The monoisotopic (exact) mass is 290 g/mol. The highest BCUT2D eigenvalue weighted by Crippen LogP contribution is 2.21. The van der Waals surface area contributed by atoms with Crippen molar-refractivity contribution in [3.63, 3.8) is 0 Å². The molecule has 0 spiro atoms. The highest BCUT2D eigenvalue weighted by Gasteiger charge is 2.25. The van der Waals surface area contributed by atoms with Crippen LogP contribution in [0.3, 0.4) is 0 Å². The van der Waals surface area contributed by atoms with Crippen LogP contribution in [0.15, 0.2) is 36.4 Å². The quantitative estimate of drug-likeness (QED) is 0.833. The Balaban J connectivity index is 2.12. The van der Waals surface area contributed by atoms with Gasteiger partial charge in [0.2, 0.25) is 0 Å². The number of nitrogens with two attached hydrogens (primary N) is 1. The van der Waals surface area contributed by atoms with Gasteiger partial charge in [-0.1, -0.05) is 18.7 Å². The number of carbonyl (C=O) groups is 1. The van der Waals surface area contributed by atoms with Gasteiger partial charge in [-0.25, -0.2) is 0 Å². The first-order valence-electron chi connectivity index (χ1n) is 7.09. The van der Waals surface area contributed by atoms with Crippen molar-refractivity contribution < 1.29 is 14.3 Å². The fraction of sp³-hybridized carbons (Fsp3) is 0.438. The van der Waals surface area contributed by atoms with Gasteiger partial charge in [0.25, 0.3) is 5.91 Å². The number of hydrogen-bond donors (Lipinski definition) is 1. The second kappa shape index (κ2) is 7.24. The van der Waals surface area contributed by atoms with Gasteiger partial charge in [-0.15, -0.1) is 0 Å². The third-order valence-corrected chi connectivity index (χ3v) is 3.28. The number of para-hydroxylation sites is 1. The van der Waals surface area contributed by atoms with Crippen molar-refractivity contribution in [3.05, 3.63) is 42.0 Å². The average Bonchev–Trinajstić information content (AvgIpc) is 2.52. The Hall–Kier alpha value is -1.85. The number of benzene rings is 1. The molecule has 5 heteroatoms. The molecule has 1 aliphatic rings. The van der Waals surface area contributed by atoms with Gasteiger partial charge in [-0.2, -0.15) is 0 Å². The van der Waals surface area contributed by atoms with Gasteiger partial charge in [-0.3, -0.25) is 4.79 Å². The molecule has 114 valence electrons. The molecule has 0 radical (unpaired) electrons. The van der Waals surface area contributed by atoms with Crippen LogP contribution in [-0.4, -0.2) is 49.8 Å². The lowest BCUT2D eigenvalue weighted by molar-refractivity contribution is -0.0168. The third kappa shape index (κ3) is 4.06. The summed E-state index contributed by atoms with van der Waals surface area (Å²) < 4.78 is 11.2. The average molecular weight is 290 g/mol. The number of carbonyl (C=O) groups excluding carboxylic acids is 1. The van der Waals surface area contributed by atoms with E-state index >= 15 is 0 Å². The summed E-state index contributed by atoms with van der Waals surface area (Å²) in [6.07, 6.45) is -0.0915. The van der Waals surface area contributed by atoms with Gasteiger partial charge in [0.1, 0.15) is 12.4 Å². The molecule has 2 rings (SSSR count). The van der Waals surface area contributed by atoms with E-state index in [1.54, 1.807) is 17.0 Å². The molecule has 1 aromatic rings. The number of nitrogens with zero attached hydrogens (tertiary/aromatic N) is 1. The Kier molecular flexibility index (Phi) is 5.36. The minimum atomic E-state index is -0.0915. The number of ether oxygens (including phenoxy) is 2. The van der Waals surface area contributed by atoms with E-state index in [2.05, 4.69) is 6.58 Å². The van der Waals surface area contributed by atoms with Crippen LogP contribution in [0.5, 0.6) is 5.75 Å². The van der Waals surface area contributed by atoms with Gasteiger partial charge in [-0.05, 0) is 24.6 Å². The van der Waals surface area contributed by atoms with Crippen molar-refractivity contribution in [2.75, 3.05) is 32.8 Å². The number of amides is 1. The lowest BCUT2D eigenvalue weighted by Gasteiger charge is -2.32. The van der Waals surface area contributed by atoms with Gasteiger partial charge in [0, 0.05) is 19.6 Å². The summed E-state index contributed by atoms with van der Waals surface area (Å²) in [5, 5.41) is 0. The SMILES string of the molecule is C=C(C)COc1ccccc1C(=O)N1CCO[C@@H](CN)C1. The predicted octanol–water partition coefficient (Wildman–Crippen LogP) is 1.44. The molecule has 21 heavy (non-hydrogen) atoms. The van der Waals surface area contributed by atoms with Gasteiger partial charge >= 0.3 is 0 Å². The van der Waals surface area contributed by atoms with Crippen LogP contribution in [0.2, 0.25) is 0 Å². The lowest BCUT2D eigenvalue weighted by atomic mass is 10.1. The summed E-state index contributed by atoms with van der Waals surface area (Å²) >= 11 is 0. The van der Waals surface area contributed by atoms with E-state index in [4.69, 9.17) is 15.2 Å². The summed E-state index contributed by atoms with van der Waals surface area (Å²) in [4.78, 5) is 14.4. The van der Waals surface area contributed by atoms with E-state index in [1.807, 2.05) is 19.1 Å². The third-order valence-electron chi connectivity index (χ3n) is 3.28. The molecule has 0 aliphatic carbocycles. The van der Waals surface area contributed by atoms with E-state index in [0.717, 1.165) is 5.57 Å². The molecular formula is C16H22N2O3. The molecule has 1 amide bonds. The second-order valence-electron chi connectivity index (χ2n) is 5.22. The predicted molar refractivity (Wildman–Crippen MR) is 81.4 cm³/mol. The van der Waals surface area contributed by atoms with Crippen LogP contribution in [0, 0.1) is 0 Å². The van der Waals surface area contributed by atoms with Gasteiger partial charge < -0.3 is 20.1 Å². The topological polar surface area (TPSA) is 64.8 Å². The summed E-state index contributed by atoms with van der Waals surface area (Å²) in [7, 11) is 0. The lowest BCUT2D eigenvalue weighted by Crippen LogP contribution is -2.48. The van der Waals surface area contributed by atoms with Crippen LogP contribution < -0.4 is 10.5 Å². The number of morpholine rings is 1. The van der Waals surface area contributed by atoms with Crippen LogP contribution in [0.4, 0.5) is 0 Å². The Morgan fingerprint density at radius 3 is 3.00 bits per heavy atom. The zero-order valence-corrected chi connectivity index (χ0v) is 12.4. The van der Waals surface area contributed by atoms with Crippen molar-refractivity contribution in [2.24, 2.45) is 5.73 Å². The van der Waals surface area contributed by atoms with Gasteiger partial charge in [0.05, 0.1) is 18.3 Å². The van der Waals surface area contributed by atoms with E-state index in [9.17, 15) is 4.79 Å². The Morgan fingerprint density at radius 1 is 1.52 bits per heavy atom. The summed E-state index contributed by atoms with van der Waals surface area (Å²) in [6.45, 7) is 8.12. The van der Waals surface area contributed by atoms with Crippen molar-refractivity contribution >= 4 is 5.91 Å². The molecule has 1 fully saturated rings. The van der Waals surface area contributed by atoms with Crippen LogP contribution in [0.1, 0.15) is 17.3 Å². The van der Waals surface area contributed by atoms with Crippen molar-refractivity contribution in [1.29, 1.82) is 0 Å². The first kappa shape index (κ1) is 15.5. The standard InChI is InChI=1S/C16H22N2O3/c1-12(2)11-21-15-6-4-3-5-14(15)16(19)18-7-8-20-13(9-17)10-18/h3-6,13H,1,7-11,17H2,2H3/t13-/m0/s1. The summed E-state index contributed by atoms with van der Waals surface area (Å²) in [6, 6.07) is 7.27. The Morgan fingerprint density at radius 2 is 2.29 bits per heavy atom. The maximum Gasteiger partial charge on any atom is 0.257 e. The van der Waals surface area contributed by atoms with Crippen LogP contribution in [0.25, 0.3) is 0 Å². The highest BCUT2D eigenvalue weighted by molar-refractivity contribution is 5.97. The Labute approximate surface area is 125 Å². The van der Waals surface area contributed by atoms with E-state index < -0.39 is 0 Å². The zero-order chi connectivity index (χ0) is 15.2. The highest BCUT2D eigenvalue weighted by atomic mass is 16.5. The minimum absolute atomic E-state index is 0.0472. The summed E-state index contributed by atoms with van der Waals surface area (Å²) in [5.41, 5.74) is 7.09.